The van der Waals surface area contributed by atoms with E-state index in [0.29, 0.717) is 21.7 Å². The number of anilines is 1. The van der Waals surface area contributed by atoms with Gasteiger partial charge in [-0.2, -0.15) is 0 Å². The van der Waals surface area contributed by atoms with Crippen molar-refractivity contribution in [3.05, 3.63) is 45.8 Å². The molecule has 1 atom stereocenters. The van der Waals surface area contributed by atoms with Crippen LogP contribution in [-0.4, -0.2) is 17.1 Å². The predicted molar refractivity (Wildman–Crippen MR) is 114 cm³/mol. The molecule has 0 radical (unpaired) electrons. The smallest absolute Gasteiger partial charge is 0.251 e. The predicted octanol–water partition coefficient (Wildman–Crippen LogP) is 4.65. The Kier molecular flexibility index (Phi) is 6.27. The summed E-state index contributed by atoms with van der Waals surface area (Å²) in [5.41, 5.74) is 8.12. The van der Waals surface area contributed by atoms with Gasteiger partial charge in [-0.15, -0.1) is 23.1 Å². The normalized spacial score (nSPS) is 16.2. The van der Waals surface area contributed by atoms with Crippen LogP contribution in [0.25, 0.3) is 0 Å². The quantitative estimate of drug-likeness (QED) is 0.691. The molecule has 2 amide bonds. The van der Waals surface area contributed by atoms with E-state index in [1.54, 1.807) is 11.8 Å². The molecule has 4 nitrogen and oxygen atoms in total. The SMILES string of the molecule is CC1CCc2c(sc(NC(=O)Cc3ccc(SC(C)C)cc3)c2C(N)=O)C1. The molecule has 0 spiro atoms. The van der Waals surface area contributed by atoms with Crippen LogP contribution >= 0.6 is 23.1 Å². The van der Waals surface area contributed by atoms with Crippen molar-refractivity contribution in [3.8, 4) is 0 Å². The van der Waals surface area contributed by atoms with Crippen molar-refractivity contribution in [1.82, 2.24) is 0 Å². The minimum absolute atomic E-state index is 0.117. The Morgan fingerprint density at radius 2 is 2.00 bits per heavy atom. The van der Waals surface area contributed by atoms with Crippen molar-refractivity contribution in [2.75, 3.05) is 5.32 Å². The lowest BCUT2D eigenvalue weighted by atomic mass is 9.88. The molecule has 3 rings (SSSR count). The summed E-state index contributed by atoms with van der Waals surface area (Å²) in [5, 5.41) is 4.07. The van der Waals surface area contributed by atoms with Crippen LogP contribution in [0.3, 0.4) is 0 Å². The molecule has 0 bridgehead atoms. The minimum atomic E-state index is -0.451. The fourth-order valence-electron chi connectivity index (χ4n) is 3.41. The summed E-state index contributed by atoms with van der Waals surface area (Å²) in [6.45, 7) is 6.53. The minimum Gasteiger partial charge on any atom is -0.365 e. The highest BCUT2D eigenvalue weighted by Gasteiger charge is 2.27. The highest BCUT2D eigenvalue weighted by Crippen LogP contribution is 2.39. The van der Waals surface area contributed by atoms with E-state index in [2.05, 4.69) is 26.1 Å². The van der Waals surface area contributed by atoms with E-state index < -0.39 is 5.91 Å². The molecule has 1 aromatic carbocycles. The second-order valence-electron chi connectivity index (χ2n) is 7.46. The fraction of sp³-hybridized carbons (Fsp3) is 0.429. The number of hydrogen-bond acceptors (Lipinski definition) is 4. The second-order valence-corrected chi connectivity index (χ2v) is 10.2. The number of carbonyl (C=O) groups is 2. The Labute approximate surface area is 168 Å². The lowest BCUT2D eigenvalue weighted by Crippen LogP contribution is -2.20. The first-order valence-electron chi connectivity index (χ1n) is 9.33. The number of nitrogens with one attached hydrogen (secondary N) is 1. The number of thioether (sulfide) groups is 1. The van der Waals surface area contributed by atoms with Gasteiger partial charge in [0.05, 0.1) is 12.0 Å². The molecule has 0 fully saturated rings. The molecule has 0 aliphatic heterocycles. The number of primary amides is 1. The number of hydrogen-bond donors (Lipinski definition) is 2. The van der Waals surface area contributed by atoms with Crippen LogP contribution in [0.2, 0.25) is 0 Å². The van der Waals surface area contributed by atoms with Gasteiger partial charge in [-0.25, -0.2) is 0 Å². The topological polar surface area (TPSA) is 72.2 Å². The van der Waals surface area contributed by atoms with Gasteiger partial charge in [-0.3, -0.25) is 9.59 Å². The standard InChI is InChI=1S/C21H26N2O2S2/c1-12(2)26-15-7-5-14(6-8-15)11-18(24)23-21-19(20(22)25)16-9-4-13(3)10-17(16)27-21/h5-8,12-13H,4,9-11H2,1-3H3,(H2,22,25)(H,23,24). The van der Waals surface area contributed by atoms with Crippen LogP contribution in [0, 0.1) is 5.92 Å². The summed E-state index contributed by atoms with van der Waals surface area (Å²) in [5.74, 6) is 0.0310. The first-order valence-corrected chi connectivity index (χ1v) is 11.0. The van der Waals surface area contributed by atoms with Crippen LogP contribution < -0.4 is 11.1 Å². The van der Waals surface area contributed by atoms with Crippen LogP contribution in [-0.2, 0) is 24.1 Å². The van der Waals surface area contributed by atoms with E-state index in [-0.39, 0.29) is 12.3 Å². The number of carbonyl (C=O) groups excluding carboxylic acids is 2. The summed E-state index contributed by atoms with van der Waals surface area (Å²) >= 11 is 3.30. The van der Waals surface area contributed by atoms with E-state index in [4.69, 9.17) is 5.73 Å². The van der Waals surface area contributed by atoms with Crippen molar-refractivity contribution >= 4 is 39.9 Å². The Hall–Kier alpha value is -1.79. The highest BCUT2D eigenvalue weighted by molar-refractivity contribution is 7.99. The van der Waals surface area contributed by atoms with Gasteiger partial charge in [0.15, 0.2) is 0 Å². The maximum Gasteiger partial charge on any atom is 0.251 e. The maximum absolute atomic E-state index is 12.5. The molecular weight excluding hydrogens is 376 g/mol. The van der Waals surface area contributed by atoms with Gasteiger partial charge in [-0.1, -0.05) is 32.9 Å². The van der Waals surface area contributed by atoms with E-state index in [1.807, 2.05) is 24.3 Å². The van der Waals surface area contributed by atoms with Gasteiger partial charge >= 0.3 is 0 Å². The van der Waals surface area contributed by atoms with E-state index >= 15 is 0 Å². The Morgan fingerprint density at radius 3 is 2.63 bits per heavy atom. The van der Waals surface area contributed by atoms with Crippen LogP contribution in [0.4, 0.5) is 5.00 Å². The summed E-state index contributed by atoms with van der Waals surface area (Å²) in [6, 6.07) is 8.07. The van der Waals surface area contributed by atoms with Gasteiger partial charge in [-0.05, 0) is 48.4 Å². The molecule has 1 aromatic heterocycles. The largest absolute Gasteiger partial charge is 0.365 e. The average Bonchev–Trinajstić information content (AvgIpc) is 2.92. The van der Waals surface area contributed by atoms with Crippen molar-refractivity contribution in [3.63, 3.8) is 0 Å². The lowest BCUT2D eigenvalue weighted by Gasteiger charge is -2.18. The van der Waals surface area contributed by atoms with E-state index in [0.717, 1.165) is 30.4 Å². The van der Waals surface area contributed by atoms with Crippen LogP contribution in [0.15, 0.2) is 29.2 Å². The number of amides is 2. The Bertz CT molecular complexity index is 841. The van der Waals surface area contributed by atoms with Gasteiger partial charge in [0.2, 0.25) is 5.91 Å². The first-order chi connectivity index (χ1) is 12.8. The second kappa shape index (κ2) is 8.48. The van der Waals surface area contributed by atoms with Gasteiger partial charge < -0.3 is 11.1 Å². The molecule has 144 valence electrons. The third-order valence-corrected chi connectivity index (χ3v) is 6.86. The number of benzene rings is 1. The third kappa shape index (κ3) is 4.93. The van der Waals surface area contributed by atoms with Gasteiger partial charge in [0.1, 0.15) is 5.00 Å². The van der Waals surface area contributed by atoms with E-state index in [9.17, 15) is 9.59 Å². The van der Waals surface area contributed by atoms with Crippen LogP contribution in [0.5, 0.6) is 0 Å². The molecule has 0 saturated heterocycles. The Morgan fingerprint density at radius 1 is 1.30 bits per heavy atom. The third-order valence-electron chi connectivity index (χ3n) is 4.67. The maximum atomic E-state index is 12.5. The van der Waals surface area contributed by atoms with Gasteiger partial charge in [0.25, 0.3) is 5.91 Å². The summed E-state index contributed by atoms with van der Waals surface area (Å²) in [4.78, 5) is 26.9. The monoisotopic (exact) mass is 402 g/mol. The molecule has 2 aromatic rings. The van der Waals surface area contributed by atoms with Crippen molar-refractivity contribution in [2.45, 2.75) is 56.6 Å². The molecule has 1 aliphatic rings. The number of thiophene rings is 1. The zero-order chi connectivity index (χ0) is 19.6. The molecule has 27 heavy (non-hydrogen) atoms. The zero-order valence-electron chi connectivity index (χ0n) is 16.0. The molecule has 6 heteroatoms. The number of fused-ring (bicyclic) bond motifs is 1. The average molecular weight is 403 g/mol. The highest BCUT2D eigenvalue weighted by atomic mass is 32.2. The summed E-state index contributed by atoms with van der Waals surface area (Å²) < 4.78 is 0. The lowest BCUT2D eigenvalue weighted by molar-refractivity contribution is -0.115. The molecular formula is C21H26N2O2S2. The molecule has 0 saturated carbocycles. The molecule has 1 heterocycles. The van der Waals surface area contributed by atoms with Gasteiger partial charge in [0, 0.05) is 15.0 Å². The summed E-state index contributed by atoms with van der Waals surface area (Å²) in [7, 11) is 0. The zero-order valence-corrected chi connectivity index (χ0v) is 17.6. The number of nitrogens with two attached hydrogens (primary N) is 1. The van der Waals surface area contributed by atoms with E-state index in [1.165, 1.54) is 21.1 Å². The number of rotatable bonds is 6. The molecule has 1 unspecified atom stereocenters. The van der Waals surface area contributed by atoms with Crippen LogP contribution in [0.1, 0.15) is 53.6 Å². The van der Waals surface area contributed by atoms with Crippen molar-refractivity contribution < 1.29 is 9.59 Å². The van der Waals surface area contributed by atoms with Crippen molar-refractivity contribution in [1.29, 1.82) is 0 Å². The Balaban J connectivity index is 1.71. The molecule has 1 aliphatic carbocycles. The van der Waals surface area contributed by atoms with Crippen molar-refractivity contribution in [2.24, 2.45) is 11.7 Å². The first kappa shape index (κ1) is 20.0. The summed E-state index contributed by atoms with van der Waals surface area (Å²) in [6.07, 6.45) is 3.14. The molecule has 3 N–H and O–H groups in total. The fourth-order valence-corrected chi connectivity index (χ4v) is 5.68.